The van der Waals surface area contributed by atoms with Crippen LogP contribution in [0.4, 0.5) is 0 Å². The van der Waals surface area contributed by atoms with Crippen LogP contribution in [0, 0.1) is 22.9 Å². The Balaban J connectivity index is 4.39. The largest absolute Gasteiger partial charge is 0.288 e. The van der Waals surface area contributed by atoms with Crippen molar-refractivity contribution < 1.29 is 0 Å². The minimum Gasteiger partial charge on any atom is -0.288 e. The van der Waals surface area contributed by atoms with E-state index < -0.39 is 16.1 Å². The van der Waals surface area contributed by atoms with Crippen molar-refractivity contribution in [1.82, 2.24) is 9.80 Å². The zero-order chi connectivity index (χ0) is 19.7. The van der Waals surface area contributed by atoms with E-state index in [0.29, 0.717) is 10.7 Å². The van der Waals surface area contributed by atoms with Crippen LogP contribution in [0.3, 0.4) is 0 Å². The molecule has 0 saturated carbocycles. The molecule has 0 aromatic carbocycles. The average molecular weight is 415 g/mol. The predicted octanol–water partition coefficient (Wildman–Crippen LogP) is 4.38. The Morgan fingerprint density at radius 2 is 1.00 bits per heavy atom. The van der Waals surface area contributed by atoms with Crippen LogP contribution in [-0.2, 0) is 0 Å². The molecule has 0 rings (SSSR count). The van der Waals surface area contributed by atoms with Crippen LogP contribution in [0.1, 0.15) is 6.42 Å². The molecular weight excluding hydrogens is 377 g/mol. The minimum absolute atomic E-state index is 0.313. The van der Waals surface area contributed by atoms with Gasteiger partial charge in [-0.25, -0.2) is 0 Å². The van der Waals surface area contributed by atoms with Gasteiger partial charge in [-0.1, -0.05) is 51.1 Å². The fourth-order valence-electron chi connectivity index (χ4n) is 1.65. The quantitative estimate of drug-likeness (QED) is 0.251. The Morgan fingerprint density at radius 1 is 0.680 bits per heavy atom. The van der Waals surface area contributed by atoms with Gasteiger partial charge in [-0.2, -0.15) is 0 Å². The van der Waals surface area contributed by atoms with Crippen LogP contribution in [0.15, 0.2) is 0 Å². The third-order valence-electron chi connectivity index (χ3n) is 2.92. The summed E-state index contributed by atoms with van der Waals surface area (Å²) in [4.78, 5) is 4.46. The summed E-state index contributed by atoms with van der Waals surface area (Å²) in [5.41, 5.74) is 7.02. The monoisotopic (exact) mass is 414 g/mol. The first-order valence-corrected chi connectivity index (χ1v) is 18.0. The predicted molar refractivity (Wildman–Crippen MR) is 127 cm³/mol. The highest BCUT2D eigenvalue weighted by Crippen LogP contribution is 2.19. The lowest BCUT2D eigenvalue weighted by atomic mass is 10.6. The molecule has 25 heavy (non-hydrogen) atoms. The van der Waals surface area contributed by atoms with Crippen LogP contribution >= 0.6 is 23.5 Å². The van der Waals surface area contributed by atoms with E-state index in [0.717, 1.165) is 11.5 Å². The van der Waals surface area contributed by atoms with Gasteiger partial charge in [-0.05, 0) is 46.1 Å². The van der Waals surface area contributed by atoms with Crippen molar-refractivity contribution in [2.24, 2.45) is 0 Å². The van der Waals surface area contributed by atoms with Gasteiger partial charge in [0.15, 0.2) is 0 Å². The van der Waals surface area contributed by atoms with E-state index in [4.69, 9.17) is 0 Å². The molecule has 0 saturated heterocycles. The van der Waals surface area contributed by atoms with Crippen molar-refractivity contribution in [3.8, 4) is 22.9 Å². The highest BCUT2D eigenvalue weighted by molar-refractivity contribution is 8.00. The molecule has 2 atom stereocenters. The summed E-state index contributed by atoms with van der Waals surface area (Å²) in [5, 5.41) is 0.626. The van der Waals surface area contributed by atoms with E-state index in [1.807, 2.05) is 23.5 Å². The first kappa shape index (κ1) is 25.2. The van der Waals surface area contributed by atoms with Gasteiger partial charge < -0.3 is 0 Å². The summed E-state index contributed by atoms with van der Waals surface area (Å²) in [6.45, 7) is 13.8. The number of nitrogens with zero attached hydrogens (tertiary/aromatic N) is 2. The summed E-state index contributed by atoms with van der Waals surface area (Å²) < 4.78 is 0. The second kappa shape index (κ2) is 11.8. The van der Waals surface area contributed by atoms with Crippen molar-refractivity contribution in [1.29, 1.82) is 0 Å². The molecule has 0 heterocycles. The molecule has 0 aliphatic heterocycles. The van der Waals surface area contributed by atoms with Gasteiger partial charge in [0.05, 0.1) is 0 Å². The van der Waals surface area contributed by atoms with Crippen LogP contribution in [0.25, 0.3) is 0 Å². The molecule has 0 spiro atoms. The fourth-order valence-corrected chi connectivity index (χ4v) is 5.13. The molecule has 0 amide bonds. The Labute approximate surface area is 168 Å². The maximum atomic E-state index is 3.51. The molecule has 0 aromatic rings. The van der Waals surface area contributed by atoms with Crippen molar-refractivity contribution in [3.05, 3.63) is 0 Å². The van der Waals surface area contributed by atoms with E-state index in [-0.39, 0.29) is 0 Å². The average Bonchev–Trinajstić information content (AvgIpc) is 2.41. The second-order valence-corrected chi connectivity index (χ2v) is 20.6. The summed E-state index contributed by atoms with van der Waals surface area (Å²) in [7, 11) is 5.91. The Bertz CT molecular complexity index is 454. The lowest BCUT2D eigenvalue weighted by molar-refractivity contribution is 0.435. The van der Waals surface area contributed by atoms with Crippen molar-refractivity contribution >= 4 is 39.7 Å². The van der Waals surface area contributed by atoms with E-state index in [2.05, 4.69) is 100 Å². The first-order valence-electron chi connectivity index (χ1n) is 8.93. The van der Waals surface area contributed by atoms with E-state index in [9.17, 15) is 0 Å². The molecular formula is C19H38N2S2Si2. The lowest BCUT2D eigenvalue weighted by Crippen LogP contribution is -2.26. The molecule has 144 valence electrons. The first-order chi connectivity index (χ1) is 11.3. The number of hydrogen-bond acceptors (Lipinski definition) is 4. The third-order valence-corrected chi connectivity index (χ3v) is 7.47. The number of rotatable bonds is 8. The summed E-state index contributed by atoms with van der Waals surface area (Å²) in [5.74, 6) is 9.26. The SMILES string of the molecule is CN(C)C(C#C[Si](C)(C)C)SCCCSC(C#C[Si](C)(C)C)N(C)C. The van der Waals surface area contributed by atoms with Crippen molar-refractivity contribution in [3.63, 3.8) is 0 Å². The van der Waals surface area contributed by atoms with Gasteiger partial charge >= 0.3 is 0 Å². The maximum Gasteiger partial charge on any atom is 0.129 e. The Kier molecular flexibility index (Phi) is 11.9. The van der Waals surface area contributed by atoms with E-state index in [1.165, 1.54) is 6.42 Å². The molecule has 0 N–H and O–H groups in total. The molecule has 0 aliphatic rings. The molecule has 0 fully saturated rings. The summed E-state index contributed by atoms with van der Waals surface area (Å²) in [6.07, 6.45) is 1.20. The molecule has 6 heteroatoms. The van der Waals surface area contributed by atoms with Gasteiger partial charge in [0.2, 0.25) is 0 Å². The summed E-state index contributed by atoms with van der Waals surface area (Å²) >= 11 is 3.93. The highest BCUT2D eigenvalue weighted by Gasteiger charge is 2.14. The standard InChI is InChI=1S/C19H38N2S2Si2/c1-20(2)18(12-16-24(5,6)7)22-14-11-15-23-19(21(3)4)13-17-25(8,9)10/h18-19H,11,14-15H2,1-10H3. The second-order valence-electron chi connectivity index (χ2n) is 8.77. The Hall–Kier alpha value is 0.174. The van der Waals surface area contributed by atoms with Crippen molar-refractivity contribution in [2.45, 2.75) is 56.5 Å². The van der Waals surface area contributed by atoms with Gasteiger partial charge in [-0.3, -0.25) is 9.80 Å². The minimum atomic E-state index is -1.30. The molecule has 2 unspecified atom stereocenters. The number of thioether (sulfide) groups is 2. The zero-order valence-electron chi connectivity index (χ0n) is 18.0. The van der Waals surface area contributed by atoms with Crippen molar-refractivity contribution in [2.75, 3.05) is 39.7 Å². The summed E-state index contributed by atoms with van der Waals surface area (Å²) in [6, 6.07) is 0. The van der Waals surface area contributed by atoms with Crippen LogP contribution in [-0.4, -0.2) is 76.4 Å². The van der Waals surface area contributed by atoms with E-state index in [1.54, 1.807) is 0 Å². The molecule has 0 aliphatic carbocycles. The highest BCUT2D eigenvalue weighted by atomic mass is 32.2. The topological polar surface area (TPSA) is 6.48 Å². The van der Waals surface area contributed by atoms with Gasteiger partial charge in [-0.15, -0.1) is 34.6 Å². The van der Waals surface area contributed by atoms with Gasteiger partial charge in [0.25, 0.3) is 0 Å². The molecule has 0 bridgehead atoms. The molecule has 2 nitrogen and oxygen atoms in total. The lowest BCUT2D eigenvalue weighted by Gasteiger charge is -2.20. The molecule has 0 radical (unpaired) electrons. The fraction of sp³-hybridized carbons (Fsp3) is 0.789. The van der Waals surface area contributed by atoms with E-state index >= 15 is 0 Å². The normalized spacial score (nSPS) is 14.6. The van der Waals surface area contributed by atoms with Gasteiger partial charge in [0.1, 0.15) is 26.9 Å². The smallest absolute Gasteiger partial charge is 0.129 e. The van der Waals surface area contributed by atoms with Crippen LogP contribution in [0.5, 0.6) is 0 Å². The third kappa shape index (κ3) is 15.0. The van der Waals surface area contributed by atoms with Crippen LogP contribution in [0.2, 0.25) is 39.3 Å². The number of hydrogen-bond donors (Lipinski definition) is 0. The molecule has 0 aromatic heterocycles. The van der Waals surface area contributed by atoms with Crippen LogP contribution < -0.4 is 0 Å². The Morgan fingerprint density at radius 3 is 1.24 bits per heavy atom. The maximum absolute atomic E-state index is 3.51. The zero-order valence-corrected chi connectivity index (χ0v) is 21.6. The van der Waals surface area contributed by atoms with Gasteiger partial charge in [0, 0.05) is 0 Å².